The number of carbonyl (C=O) groups is 3. The maximum absolute atomic E-state index is 13.0. The van der Waals surface area contributed by atoms with Gasteiger partial charge in [0.05, 0.1) is 11.3 Å². The maximum atomic E-state index is 13.0. The summed E-state index contributed by atoms with van der Waals surface area (Å²) in [6.45, 7) is 0.466. The van der Waals surface area contributed by atoms with E-state index in [0.717, 1.165) is 22.6 Å². The summed E-state index contributed by atoms with van der Waals surface area (Å²) in [5.74, 6) is -2.10. The molecule has 0 aromatic carbocycles. The second-order valence-corrected chi connectivity index (χ2v) is 11.4. The van der Waals surface area contributed by atoms with Gasteiger partial charge in [-0.15, -0.1) is 34.4 Å². The summed E-state index contributed by atoms with van der Waals surface area (Å²) < 4.78 is 1.93. The summed E-state index contributed by atoms with van der Waals surface area (Å²) in [6.07, 6.45) is 7.34. The molecule has 0 saturated carbocycles. The Kier molecular flexibility index (Phi) is 7.81. The maximum Gasteiger partial charge on any atom is 0.352 e. The van der Waals surface area contributed by atoms with E-state index < -0.39 is 29.2 Å². The topological polar surface area (TPSA) is 190 Å². The Morgan fingerprint density at radius 1 is 1.30 bits per heavy atom. The Labute approximate surface area is 239 Å². The molecular weight excluding hydrogens is 577 g/mol. The molecular formula is C24H23N8O5S3+. The summed E-state index contributed by atoms with van der Waals surface area (Å²) >= 11 is 3.85. The van der Waals surface area contributed by atoms with Crippen LogP contribution < -0.4 is 21.4 Å². The van der Waals surface area contributed by atoms with Gasteiger partial charge in [0.2, 0.25) is 0 Å². The van der Waals surface area contributed by atoms with Crippen molar-refractivity contribution >= 4 is 68.2 Å². The van der Waals surface area contributed by atoms with Crippen LogP contribution in [0.1, 0.15) is 5.69 Å². The number of rotatable bonds is 9. The van der Waals surface area contributed by atoms with E-state index in [4.69, 9.17) is 16.3 Å². The number of oxime groups is 1. The van der Waals surface area contributed by atoms with Crippen LogP contribution in [0.25, 0.3) is 11.3 Å². The van der Waals surface area contributed by atoms with Crippen molar-refractivity contribution in [2.24, 2.45) is 5.16 Å². The molecule has 1 fully saturated rings. The van der Waals surface area contributed by atoms with Crippen LogP contribution in [-0.4, -0.2) is 67.7 Å². The smallest absolute Gasteiger partial charge is 0.352 e. The number of allylic oxidation sites excluding steroid dienone is 2. The van der Waals surface area contributed by atoms with E-state index in [9.17, 15) is 19.5 Å². The number of thioether (sulfide) groups is 1. The van der Waals surface area contributed by atoms with E-state index >= 15 is 0 Å². The molecule has 1 saturated heterocycles. The third-order valence-electron chi connectivity index (χ3n) is 5.96. The zero-order valence-corrected chi connectivity index (χ0v) is 23.3. The van der Waals surface area contributed by atoms with Crippen LogP contribution in [0.15, 0.2) is 63.9 Å². The lowest BCUT2D eigenvalue weighted by Gasteiger charge is -2.49. The van der Waals surface area contributed by atoms with Gasteiger partial charge in [0, 0.05) is 22.6 Å². The minimum Gasteiger partial charge on any atom is -0.477 e. The summed E-state index contributed by atoms with van der Waals surface area (Å²) in [6, 6.07) is 2.88. The Bertz CT molecular complexity index is 1580. The molecule has 6 N–H and O–H groups in total. The van der Waals surface area contributed by atoms with E-state index in [0.29, 0.717) is 23.0 Å². The van der Waals surface area contributed by atoms with Gasteiger partial charge in [-0.2, -0.15) is 0 Å². The molecule has 13 nitrogen and oxygen atoms in total. The van der Waals surface area contributed by atoms with E-state index in [-0.39, 0.29) is 22.2 Å². The second-order valence-electron chi connectivity index (χ2n) is 8.50. The average Bonchev–Trinajstić information content (AvgIpc) is 3.57. The van der Waals surface area contributed by atoms with Crippen molar-refractivity contribution in [2.75, 3.05) is 24.3 Å². The number of hydrogen-bond donors (Lipinski definition) is 4. The van der Waals surface area contributed by atoms with Crippen LogP contribution in [0.5, 0.6) is 0 Å². The molecule has 206 valence electrons. The van der Waals surface area contributed by atoms with Crippen molar-refractivity contribution in [3.8, 4) is 11.3 Å². The van der Waals surface area contributed by atoms with Gasteiger partial charge in [0.1, 0.15) is 29.9 Å². The van der Waals surface area contributed by atoms with E-state index in [2.05, 4.69) is 20.4 Å². The highest BCUT2D eigenvalue weighted by atomic mass is 32.2. The van der Waals surface area contributed by atoms with Crippen LogP contribution in [0.2, 0.25) is 0 Å². The molecule has 5 heterocycles. The van der Waals surface area contributed by atoms with Crippen molar-refractivity contribution in [1.29, 1.82) is 0 Å². The molecule has 2 atom stereocenters. The monoisotopic (exact) mass is 599 g/mol. The number of aromatic nitrogens is 3. The lowest BCUT2D eigenvalue weighted by atomic mass is 10.0. The first-order valence-electron chi connectivity index (χ1n) is 11.7. The molecule has 0 radical (unpaired) electrons. The molecule has 2 aliphatic heterocycles. The van der Waals surface area contributed by atoms with Gasteiger partial charge in [-0.1, -0.05) is 11.2 Å². The van der Waals surface area contributed by atoms with Crippen molar-refractivity contribution in [3.05, 3.63) is 64.4 Å². The van der Waals surface area contributed by atoms with E-state index in [1.54, 1.807) is 11.5 Å². The first-order chi connectivity index (χ1) is 19.3. The van der Waals surface area contributed by atoms with Crippen molar-refractivity contribution in [1.82, 2.24) is 20.2 Å². The third-order valence-corrected chi connectivity index (χ3v) is 8.61. The molecule has 5 rings (SSSR count). The largest absolute Gasteiger partial charge is 0.477 e. The SMILES string of the molecule is CON=C(C(=O)N[C@@H]1C(=O)N2C(C(=O)O)=C(/C=C/C[n+]3cccc(-c4csc(N)n4)c3)CS[C@@H]12)c1csc(N)n1. The number of nitrogens with two attached hydrogens (primary N) is 2. The number of nitrogen functional groups attached to an aromatic ring is 2. The average molecular weight is 600 g/mol. The fraction of sp³-hybridized carbons (Fsp3) is 0.208. The molecule has 0 bridgehead atoms. The van der Waals surface area contributed by atoms with Crippen molar-refractivity contribution in [2.45, 2.75) is 18.0 Å². The number of nitrogens with zero attached hydrogens (tertiary/aromatic N) is 5. The van der Waals surface area contributed by atoms with E-state index in [1.165, 1.54) is 35.1 Å². The molecule has 40 heavy (non-hydrogen) atoms. The standard InChI is InChI=1S/C24H22N8O5S3/c1-37-30-16(15-11-40-24(26)28-15)19(33)29-17-20(34)32-18(22(35)36)13(9-38-21(17)32)5-3-7-31-6-2-4-12(8-31)14-10-39-23(25)27-14/h2-6,8,10-11,17,21H,7,9H2,1H3,(H5-,25,26,27,28,29,33,35,36)/p+1/b5-3+,30-16?/t17-,21+/m1/s1. The van der Waals surface area contributed by atoms with Crippen LogP contribution in [0.4, 0.5) is 10.3 Å². The summed E-state index contributed by atoms with van der Waals surface area (Å²) in [7, 11) is 1.28. The number of amides is 2. The van der Waals surface area contributed by atoms with Crippen molar-refractivity contribution in [3.63, 3.8) is 0 Å². The number of fused-ring (bicyclic) bond motifs is 1. The normalized spacial score (nSPS) is 19.0. The summed E-state index contributed by atoms with van der Waals surface area (Å²) in [5.41, 5.74) is 13.5. The van der Waals surface area contributed by atoms with Gasteiger partial charge in [-0.05, 0) is 17.7 Å². The molecule has 3 aromatic rings. The number of nitrogens with one attached hydrogen (secondary N) is 1. The Hall–Kier alpha value is -4.28. The molecule has 3 aromatic heterocycles. The highest BCUT2D eigenvalue weighted by Gasteiger charge is 2.54. The number of carbonyl (C=O) groups excluding carboxylic acids is 2. The van der Waals surface area contributed by atoms with Gasteiger partial charge in [0.15, 0.2) is 34.9 Å². The number of aliphatic carboxylic acids is 1. The molecule has 0 spiro atoms. The lowest BCUT2D eigenvalue weighted by molar-refractivity contribution is -0.686. The predicted octanol–water partition coefficient (Wildman–Crippen LogP) is 1.06. The molecule has 2 aliphatic rings. The van der Waals surface area contributed by atoms with Crippen molar-refractivity contribution < 1.29 is 28.9 Å². The zero-order valence-electron chi connectivity index (χ0n) is 20.9. The number of pyridine rings is 1. The van der Waals surface area contributed by atoms with Crippen LogP contribution in [0.3, 0.4) is 0 Å². The number of anilines is 2. The highest BCUT2D eigenvalue weighted by molar-refractivity contribution is 8.00. The minimum absolute atomic E-state index is 0.106. The predicted molar refractivity (Wildman–Crippen MR) is 151 cm³/mol. The fourth-order valence-electron chi connectivity index (χ4n) is 4.20. The van der Waals surface area contributed by atoms with Gasteiger partial charge in [-0.3, -0.25) is 14.5 Å². The van der Waals surface area contributed by atoms with Gasteiger partial charge in [0.25, 0.3) is 11.8 Å². The Balaban J connectivity index is 1.29. The van der Waals surface area contributed by atoms with Gasteiger partial charge in [-0.25, -0.2) is 19.3 Å². The van der Waals surface area contributed by atoms with E-state index in [1.807, 2.05) is 40.5 Å². The number of thiazole rings is 2. The quantitative estimate of drug-likeness (QED) is 0.120. The molecule has 16 heteroatoms. The first-order valence-corrected chi connectivity index (χ1v) is 14.5. The minimum atomic E-state index is -1.22. The van der Waals surface area contributed by atoms with Gasteiger partial charge >= 0.3 is 5.97 Å². The van der Waals surface area contributed by atoms with Crippen LogP contribution >= 0.6 is 34.4 Å². The Morgan fingerprint density at radius 3 is 2.75 bits per heavy atom. The Morgan fingerprint density at radius 2 is 2.08 bits per heavy atom. The molecule has 0 aliphatic carbocycles. The summed E-state index contributed by atoms with van der Waals surface area (Å²) in [4.78, 5) is 52.4. The number of carboxylic acid groups (broad SMARTS) is 1. The molecule has 2 amide bonds. The fourth-order valence-corrected chi connectivity index (χ4v) is 6.64. The second kappa shape index (κ2) is 11.4. The van der Waals surface area contributed by atoms with Crippen LogP contribution in [-0.2, 0) is 25.8 Å². The summed E-state index contributed by atoms with van der Waals surface area (Å²) in [5, 5.41) is 19.9. The lowest BCUT2D eigenvalue weighted by Crippen LogP contribution is -2.71. The first kappa shape index (κ1) is 27.3. The number of hydrogen-bond acceptors (Lipinski definition) is 12. The zero-order chi connectivity index (χ0) is 28.4. The van der Waals surface area contributed by atoms with Crippen LogP contribution in [0, 0.1) is 0 Å². The highest BCUT2D eigenvalue weighted by Crippen LogP contribution is 2.40. The van der Waals surface area contributed by atoms with Gasteiger partial charge < -0.3 is 26.7 Å². The number of carboxylic acids is 1. The number of β-lactam (4-membered cyclic amide) rings is 1. The third kappa shape index (κ3) is 5.41. The molecule has 0 unspecified atom stereocenters.